The zero-order chi connectivity index (χ0) is 16.9. The Kier molecular flexibility index (Phi) is 4.57. The minimum absolute atomic E-state index is 0.286. The molecular weight excluding hydrogens is 302 g/mol. The van der Waals surface area contributed by atoms with Gasteiger partial charge in [0.15, 0.2) is 0 Å². The topological polar surface area (TPSA) is 59.4 Å². The lowest BCUT2D eigenvalue weighted by atomic mass is 10.0. The summed E-state index contributed by atoms with van der Waals surface area (Å²) in [4.78, 5) is 15.1. The summed E-state index contributed by atoms with van der Waals surface area (Å²) in [6.45, 7) is 2.55. The Balaban J connectivity index is 1.85. The number of hydrogen-bond donors (Lipinski definition) is 1. The van der Waals surface area contributed by atoms with Gasteiger partial charge in [-0.05, 0) is 41.8 Å². The molecule has 0 saturated heterocycles. The van der Waals surface area contributed by atoms with Crippen LogP contribution < -0.4 is 4.74 Å². The second-order valence-corrected chi connectivity index (χ2v) is 5.30. The standard InChI is InChI=1S/C20H17NO3/c1-2-24-19-11-18(12-21-13-19)16-5-3-14(4-6-16)15-7-9-17(10-8-15)20(22)23/h3-13H,2H2,1H3,(H,22,23). The van der Waals surface area contributed by atoms with Gasteiger partial charge in [-0.25, -0.2) is 4.79 Å². The molecule has 24 heavy (non-hydrogen) atoms. The SMILES string of the molecule is CCOc1cncc(-c2ccc(-c3ccc(C(=O)O)cc3)cc2)c1. The van der Waals surface area contributed by atoms with E-state index in [0.717, 1.165) is 28.0 Å². The molecule has 0 radical (unpaired) electrons. The highest BCUT2D eigenvalue weighted by Gasteiger charge is 2.05. The third kappa shape index (κ3) is 3.43. The van der Waals surface area contributed by atoms with Crippen LogP contribution in [0.25, 0.3) is 22.3 Å². The van der Waals surface area contributed by atoms with E-state index in [9.17, 15) is 4.79 Å². The van der Waals surface area contributed by atoms with Gasteiger partial charge in [0.25, 0.3) is 0 Å². The minimum atomic E-state index is -0.918. The number of pyridine rings is 1. The van der Waals surface area contributed by atoms with Crippen molar-refractivity contribution in [3.8, 4) is 28.0 Å². The molecule has 0 aliphatic rings. The van der Waals surface area contributed by atoms with Crippen LogP contribution >= 0.6 is 0 Å². The Morgan fingerprint density at radius 1 is 0.917 bits per heavy atom. The molecule has 0 bridgehead atoms. The zero-order valence-corrected chi connectivity index (χ0v) is 13.3. The van der Waals surface area contributed by atoms with Crippen LogP contribution in [0, 0.1) is 0 Å². The van der Waals surface area contributed by atoms with E-state index in [-0.39, 0.29) is 5.56 Å². The molecule has 4 heteroatoms. The van der Waals surface area contributed by atoms with Gasteiger partial charge in [-0.15, -0.1) is 0 Å². The zero-order valence-electron chi connectivity index (χ0n) is 13.3. The highest BCUT2D eigenvalue weighted by atomic mass is 16.5. The Bertz CT molecular complexity index is 840. The summed E-state index contributed by atoms with van der Waals surface area (Å²) < 4.78 is 5.48. The number of carboxylic acid groups (broad SMARTS) is 1. The number of aromatic carboxylic acids is 1. The summed E-state index contributed by atoms with van der Waals surface area (Å²) >= 11 is 0. The van der Waals surface area contributed by atoms with Crippen molar-refractivity contribution in [3.63, 3.8) is 0 Å². The fourth-order valence-electron chi connectivity index (χ4n) is 2.48. The van der Waals surface area contributed by atoms with E-state index in [0.29, 0.717) is 6.61 Å². The molecule has 0 amide bonds. The second-order valence-electron chi connectivity index (χ2n) is 5.30. The first kappa shape index (κ1) is 15.7. The fraction of sp³-hybridized carbons (Fsp3) is 0.100. The van der Waals surface area contributed by atoms with Crippen molar-refractivity contribution in [1.82, 2.24) is 4.98 Å². The first-order valence-electron chi connectivity index (χ1n) is 7.69. The van der Waals surface area contributed by atoms with Gasteiger partial charge in [0.2, 0.25) is 0 Å². The fourth-order valence-corrected chi connectivity index (χ4v) is 2.48. The number of carboxylic acids is 1. The van der Waals surface area contributed by atoms with Crippen molar-refractivity contribution in [2.24, 2.45) is 0 Å². The van der Waals surface area contributed by atoms with E-state index >= 15 is 0 Å². The summed E-state index contributed by atoms with van der Waals surface area (Å²) in [5.41, 5.74) is 4.34. The maximum atomic E-state index is 10.9. The van der Waals surface area contributed by atoms with Crippen molar-refractivity contribution in [2.75, 3.05) is 6.61 Å². The molecule has 4 nitrogen and oxygen atoms in total. The third-order valence-corrected chi connectivity index (χ3v) is 3.71. The van der Waals surface area contributed by atoms with E-state index in [1.54, 1.807) is 24.5 Å². The van der Waals surface area contributed by atoms with E-state index in [2.05, 4.69) is 4.98 Å². The summed E-state index contributed by atoms with van der Waals surface area (Å²) in [6.07, 6.45) is 3.50. The van der Waals surface area contributed by atoms with Crippen molar-refractivity contribution < 1.29 is 14.6 Å². The summed E-state index contributed by atoms with van der Waals surface area (Å²) in [5, 5.41) is 8.95. The normalized spacial score (nSPS) is 10.4. The van der Waals surface area contributed by atoms with Crippen LogP contribution in [-0.2, 0) is 0 Å². The molecule has 0 aliphatic carbocycles. The van der Waals surface area contributed by atoms with E-state index < -0.39 is 5.97 Å². The Hall–Kier alpha value is -3.14. The molecule has 0 unspecified atom stereocenters. The Morgan fingerprint density at radius 3 is 2.00 bits per heavy atom. The number of aromatic nitrogens is 1. The number of ether oxygens (including phenoxy) is 1. The molecule has 1 aromatic heterocycles. The van der Waals surface area contributed by atoms with Gasteiger partial charge in [0.1, 0.15) is 5.75 Å². The largest absolute Gasteiger partial charge is 0.492 e. The highest BCUT2D eigenvalue weighted by molar-refractivity contribution is 5.88. The monoisotopic (exact) mass is 319 g/mol. The van der Waals surface area contributed by atoms with Gasteiger partial charge in [-0.3, -0.25) is 4.98 Å². The molecule has 0 atom stereocenters. The van der Waals surface area contributed by atoms with Gasteiger partial charge in [-0.1, -0.05) is 36.4 Å². The van der Waals surface area contributed by atoms with E-state index in [1.165, 1.54) is 0 Å². The Labute approximate surface area is 140 Å². The molecule has 120 valence electrons. The number of hydrogen-bond acceptors (Lipinski definition) is 3. The van der Waals surface area contributed by atoms with Gasteiger partial charge >= 0.3 is 5.97 Å². The van der Waals surface area contributed by atoms with Gasteiger partial charge in [0.05, 0.1) is 18.4 Å². The number of nitrogens with zero attached hydrogens (tertiary/aromatic N) is 1. The number of carbonyl (C=O) groups is 1. The summed E-state index contributed by atoms with van der Waals surface area (Å²) in [6, 6.07) is 16.9. The van der Waals surface area contributed by atoms with Crippen LogP contribution in [0.3, 0.4) is 0 Å². The molecule has 1 heterocycles. The molecule has 0 fully saturated rings. The molecule has 1 N–H and O–H groups in total. The molecule has 3 aromatic rings. The van der Waals surface area contributed by atoms with Crippen LogP contribution in [0.2, 0.25) is 0 Å². The van der Waals surface area contributed by atoms with Crippen molar-refractivity contribution in [1.29, 1.82) is 0 Å². The maximum absolute atomic E-state index is 10.9. The molecule has 0 spiro atoms. The number of benzene rings is 2. The smallest absolute Gasteiger partial charge is 0.335 e. The predicted molar refractivity (Wildman–Crippen MR) is 93.2 cm³/mol. The lowest BCUT2D eigenvalue weighted by molar-refractivity contribution is 0.0697. The average Bonchev–Trinajstić information content (AvgIpc) is 2.62. The summed E-state index contributed by atoms with van der Waals surface area (Å²) in [5.74, 6) is -0.165. The van der Waals surface area contributed by atoms with E-state index in [1.807, 2.05) is 49.4 Å². The highest BCUT2D eigenvalue weighted by Crippen LogP contribution is 2.26. The van der Waals surface area contributed by atoms with Crippen molar-refractivity contribution in [3.05, 3.63) is 72.6 Å². The lowest BCUT2D eigenvalue weighted by Gasteiger charge is -2.07. The van der Waals surface area contributed by atoms with Crippen LogP contribution in [0.1, 0.15) is 17.3 Å². The maximum Gasteiger partial charge on any atom is 0.335 e. The van der Waals surface area contributed by atoms with Crippen molar-refractivity contribution >= 4 is 5.97 Å². The first-order chi connectivity index (χ1) is 11.7. The first-order valence-corrected chi connectivity index (χ1v) is 7.69. The predicted octanol–water partition coefficient (Wildman–Crippen LogP) is 4.51. The van der Waals surface area contributed by atoms with Gasteiger partial charge < -0.3 is 9.84 Å². The minimum Gasteiger partial charge on any atom is -0.492 e. The lowest BCUT2D eigenvalue weighted by Crippen LogP contribution is -1.94. The number of rotatable bonds is 5. The summed E-state index contributed by atoms with van der Waals surface area (Å²) in [7, 11) is 0. The molecule has 3 rings (SSSR count). The second kappa shape index (κ2) is 6.96. The molecule has 0 saturated carbocycles. The quantitative estimate of drug-likeness (QED) is 0.751. The van der Waals surface area contributed by atoms with Crippen LogP contribution in [-0.4, -0.2) is 22.7 Å². The van der Waals surface area contributed by atoms with Crippen LogP contribution in [0.5, 0.6) is 5.75 Å². The van der Waals surface area contributed by atoms with Crippen LogP contribution in [0.15, 0.2) is 67.0 Å². The van der Waals surface area contributed by atoms with E-state index in [4.69, 9.17) is 9.84 Å². The van der Waals surface area contributed by atoms with Crippen LogP contribution in [0.4, 0.5) is 0 Å². The van der Waals surface area contributed by atoms with Crippen molar-refractivity contribution in [2.45, 2.75) is 6.92 Å². The van der Waals surface area contributed by atoms with Gasteiger partial charge in [0, 0.05) is 11.8 Å². The Morgan fingerprint density at radius 2 is 1.46 bits per heavy atom. The van der Waals surface area contributed by atoms with Gasteiger partial charge in [-0.2, -0.15) is 0 Å². The molecular formula is C20H17NO3. The molecule has 2 aromatic carbocycles. The average molecular weight is 319 g/mol. The third-order valence-electron chi connectivity index (χ3n) is 3.71. The molecule has 0 aliphatic heterocycles.